The van der Waals surface area contributed by atoms with E-state index >= 15 is 0 Å². The molecule has 2 aliphatic heterocycles. The zero-order chi connectivity index (χ0) is 17.2. The van der Waals surface area contributed by atoms with Crippen LogP contribution in [0, 0.1) is 5.92 Å². The molecule has 2 aliphatic rings. The van der Waals surface area contributed by atoms with Crippen molar-refractivity contribution in [3.8, 4) is 11.5 Å². The van der Waals surface area contributed by atoms with Gasteiger partial charge >= 0.3 is 0 Å². The zero-order valence-electron chi connectivity index (χ0n) is 13.5. The van der Waals surface area contributed by atoms with Gasteiger partial charge in [0.15, 0.2) is 11.5 Å². The summed E-state index contributed by atoms with van der Waals surface area (Å²) in [4.78, 5) is 26.1. The smallest absolute Gasteiger partial charge is 0.266 e. The lowest BCUT2D eigenvalue weighted by atomic mass is 9.96. The highest BCUT2D eigenvalue weighted by Gasteiger charge is 2.26. The number of amides is 1. The topological polar surface area (TPSA) is 96.6 Å². The van der Waals surface area contributed by atoms with Crippen LogP contribution < -0.4 is 25.2 Å². The summed E-state index contributed by atoms with van der Waals surface area (Å²) in [7, 11) is 0. The number of nitrogens with zero attached hydrogens (tertiary/aromatic N) is 2. The summed E-state index contributed by atoms with van der Waals surface area (Å²) < 4.78 is 10.6. The summed E-state index contributed by atoms with van der Waals surface area (Å²) in [5.41, 5.74) is 1.18. The van der Waals surface area contributed by atoms with Crippen molar-refractivity contribution in [2.75, 3.05) is 30.1 Å². The standard InChI is InChI=1S/C17H18N4O4/c22-16-7-13(8-18-20-16)21-5-1-2-11(9-21)17(23)19-12-3-4-14-15(6-12)25-10-24-14/h3-4,6-8,11H,1-2,5,9-10H2,(H,19,23)(H,20,22). The molecule has 1 amide bonds. The third kappa shape index (κ3) is 3.28. The number of rotatable bonds is 3. The van der Waals surface area contributed by atoms with E-state index in [2.05, 4.69) is 15.5 Å². The van der Waals surface area contributed by atoms with Gasteiger partial charge in [-0.25, -0.2) is 5.10 Å². The van der Waals surface area contributed by atoms with Crippen molar-refractivity contribution in [3.63, 3.8) is 0 Å². The first-order valence-corrected chi connectivity index (χ1v) is 8.19. The Balaban J connectivity index is 1.44. The molecule has 1 unspecified atom stereocenters. The van der Waals surface area contributed by atoms with Crippen LogP contribution in [0.2, 0.25) is 0 Å². The highest BCUT2D eigenvalue weighted by Crippen LogP contribution is 2.34. The summed E-state index contributed by atoms with van der Waals surface area (Å²) >= 11 is 0. The monoisotopic (exact) mass is 342 g/mol. The Hall–Kier alpha value is -3.03. The van der Waals surface area contributed by atoms with Crippen LogP contribution in [0.25, 0.3) is 0 Å². The maximum atomic E-state index is 12.6. The van der Waals surface area contributed by atoms with E-state index in [1.165, 1.54) is 6.07 Å². The third-order valence-electron chi connectivity index (χ3n) is 4.45. The SMILES string of the molecule is O=C(Nc1ccc2c(c1)OCO2)C1CCCN(c2cn[nH]c(=O)c2)C1. The Morgan fingerprint density at radius 3 is 3.04 bits per heavy atom. The minimum absolute atomic E-state index is 0.0404. The number of piperidine rings is 1. The second-order valence-electron chi connectivity index (χ2n) is 6.15. The van der Waals surface area contributed by atoms with Crippen molar-refractivity contribution in [1.82, 2.24) is 10.2 Å². The molecule has 0 spiro atoms. The Kier molecular flexibility index (Phi) is 4.01. The van der Waals surface area contributed by atoms with Crippen molar-refractivity contribution in [3.05, 3.63) is 40.8 Å². The lowest BCUT2D eigenvalue weighted by Crippen LogP contribution is -2.41. The van der Waals surface area contributed by atoms with Crippen molar-refractivity contribution in [1.29, 1.82) is 0 Å². The Labute approximate surface area is 143 Å². The molecule has 1 atom stereocenters. The van der Waals surface area contributed by atoms with Crippen LogP contribution in [0.5, 0.6) is 11.5 Å². The van der Waals surface area contributed by atoms with Gasteiger partial charge < -0.3 is 19.7 Å². The van der Waals surface area contributed by atoms with E-state index in [0.29, 0.717) is 23.7 Å². The molecule has 1 fully saturated rings. The normalized spacial score (nSPS) is 18.9. The number of H-pyrrole nitrogens is 1. The fourth-order valence-corrected chi connectivity index (χ4v) is 3.18. The molecule has 1 aromatic heterocycles. The molecule has 2 aromatic rings. The number of ether oxygens (including phenoxy) is 2. The Morgan fingerprint density at radius 2 is 2.16 bits per heavy atom. The molecule has 25 heavy (non-hydrogen) atoms. The fraction of sp³-hybridized carbons (Fsp3) is 0.353. The number of fused-ring (bicyclic) bond motifs is 1. The summed E-state index contributed by atoms with van der Waals surface area (Å²) in [6.07, 6.45) is 3.30. The highest BCUT2D eigenvalue weighted by atomic mass is 16.7. The average molecular weight is 342 g/mol. The maximum Gasteiger partial charge on any atom is 0.266 e. The molecule has 130 valence electrons. The summed E-state index contributed by atoms with van der Waals surface area (Å²) in [6, 6.07) is 6.85. The number of aromatic nitrogens is 2. The van der Waals surface area contributed by atoms with Crippen LogP contribution in [0.15, 0.2) is 35.3 Å². The predicted octanol–water partition coefficient (Wildman–Crippen LogP) is 1.35. The number of benzene rings is 1. The molecule has 0 saturated carbocycles. The maximum absolute atomic E-state index is 12.6. The minimum atomic E-state index is -0.246. The van der Waals surface area contributed by atoms with Crippen LogP contribution in [0.4, 0.5) is 11.4 Å². The largest absolute Gasteiger partial charge is 0.454 e. The van der Waals surface area contributed by atoms with Crippen LogP contribution in [0.3, 0.4) is 0 Å². The molecular weight excluding hydrogens is 324 g/mol. The lowest BCUT2D eigenvalue weighted by molar-refractivity contribution is -0.120. The first kappa shape index (κ1) is 15.5. The van der Waals surface area contributed by atoms with Gasteiger partial charge in [-0.1, -0.05) is 0 Å². The second kappa shape index (κ2) is 6.46. The summed E-state index contributed by atoms with van der Waals surface area (Å²) in [6.45, 7) is 1.56. The molecule has 8 nitrogen and oxygen atoms in total. The molecule has 8 heteroatoms. The molecule has 0 radical (unpaired) electrons. The molecule has 4 rings (SSSR count). The van der Waals surface area contributed by atoms with Gasteiger partial charge in [-0.2, -0.15) is 5.10 Å². The molecule has 2 N–H and O–H groups in total. The van der Waals surface area contributed by atoms with Crippen LogP contribution in [-0.4, -0.2) is 36.0 Å². The van der Waals surface area contributed by atoms with Crippen molar-refractivity contribution < 1.29 is 14.3 Å². The number of hydrogen-bond donors (Lipinski definition) is 2. The molecule has 1 aromatic carbocycles. The van der Waals surface area contributed by atoms with Crippen molar-refractivity contribution >= 4 is 17.3 Å². The quantitative estimate of drug-likeness (QED) is 0.874. The average Bonchev–Trinajstić information content (AvgIpc) is 3.09. The fourth-order valence-electron chi connectivity index (χ4n) is 3.18. The number of nitrogens with one attached hydrogen (secondary N) is 2. The van der Waals surface area contributed by atoms with Crippen LogP contribution in [-0.2, 0) is 4.79 Å². The molecule has 1 saturated heterocycles. The van der Waals surface area contributed by atoms with Gasteiger partial charge in [0.25, 0.3) is 5.56 Å². The van der Waals surface area contributed by atoms with E-state index in [0.717, 1.165) is 25.1 Å². The van der Waals surface area contributed by atoms with E-state index in [9.17, 15) is 9.59 Å². The van der Waals surface area contributed by atoms with Gasteiger partial charge in [0.2, 0.25) is 12.7 Å². The first-order chi connectivity index (χ1) is 12.2. The van der Waals surface area contributed by atoms with E-state index in [1.54, 1.807) is 24.4 Å². The zero-order valence-corrected chi connectivity index (χ0v) is 13.5. The third-order valence-corrected chi connectivity index (χ3v) is 4.45. The summed E-state index contributed by atoms with van der Waals surface area (Å²) in [5.74, 6) is 1.13. The Morgan fingerprint density at radius 1 is 1.28 bits per heavy atom. The molecule has 0 aliphatic carbocycles. The van der Waals surface area contributed by atoms with Gasteiger partial charge in [0.05, 0.1) is 17.8 Å². The first-order valence-electron chi connectivity index (χ1n) is 8.19. The number of hydrogen-bond acceptors (Lipinski definition) is 6. The van der Waals surface area contributed by atoms with Gasteiger partial charge in [0.1, 0.15) is 0 Å². The predicted molar refractivity (Wildman–Crippen MR) is 91.0 cm³/mol. The summed E-state index contributed by atoms with van der Waals surface area (Å²) in [5, 5.41) is 9.13. The minimum Gasteiger partial charge on any atom is -0.454 e. The van der Waals surface area contributed by atoms with Gasteiger partial charge in [-0.3, -0.25) is 9.59 Å². The Bertz CT molecular complexity index is 851. The van der Waals surface area contributed by atoms with Crippen molar-refractivity contribution in [2.24, 2.45) is 5.92 Å². The van der Waals surface area contributed by atoms with Gasteiger partial charge in [0, 0.05) is 30.9 Å². The molecular formula is C17H18N4O4. The number of carbonyl (C=O) groups is 1. The number of anilines is 2. The number of carbonyl (C=O) groups excluding carboxylic acids is 1. The molecule has 3 heterocycles. The molecule has 0 bridgehead atoms. The van der Waals surface area contributed by atoms with Crippen LogP contribution in [0.1, 0.15) is 12.8 Å². The highest BCUT2D eigenvalue weighted by molar-refractivity contribution is 5.93. The second-order valence-corrected chi connectivity index (χ2v) is 6.15. The van der Waals surface area contributed by atoms with E-state index < -0.39 is 0 Å². The van der Waals surface area contributed by atoms with E-state index in [4.69, 9.17) is 9.47 Å². The van der Waals surface area contributed by atoms with Crippen molar-refractivity contribution in [2.45, 2.75) is 12.8 Å². The van der Waals surface area contributed by atoms with Gasteiger partial charge in [-0.15, -0.1) is 0 Å². The van der Waals surface area contributed by atoms with Crippen LogP contribution >= 0.6 is 0 Å². The lowest BCUT2D eigenvalue weighted by Gasteiger charge is -2.33. The number of aromatic amines is 1. The van der Waals surface area contributed by atoms with E-state index in [1.807, 2.05) is 4.90 Å². The van der Waals surface area contributed by atoms with Gasteiger partial charge in [-0.05, 0) is 25.0 Å². The van der Waals surface area contributed by atoms with E-state index in [-0.39, 0.29) is 24.2 Å².